The molecule has 8 nitrogen and oxygen atoms in total. The number of anilines is 2. The number of carboxylic acid groups (broad SMARTS) is 1. The van der Waals surface area contributed by atoms with Gasteiger partial charge in [-0.2, -0.15) is 0 Å². The number of rotatable bonds is 4. The van der Waals surface area contributed by atoms with Crippen LogP contribution in [0.15, 0.2) is 42.5 Å². The van der Waals surface area contributed by atoms with Gasteiger partial charge in [0.05, 0.1) is 16.9 Å². The lowest BCUT2D eigenvalue weighted by molar-refractivity contribution is 0.0982. The van der Waals surface area contributed by atoms with Crippen LogP contribution in [0, 0.1) is 11.8 Å². The van der Waals surface area contributed by atoms with E-state index in [0.29, 0.717) is 11.3 Å². The van der Waals surface area contributed by atoms with Crippen molar-refractivity contribution in [3.63, 3.8) is 0 Å². The van der Waals surface area contributed by atoms with Gasteiger partial charge in [-0.05, 0) is 18.2 Å². The Bertz CT molecular complexity index is 917. The fraction of sp³-hybridized carbons (Fsp3) is 0.158. The van der Waals surface area contributed by atoms with E-state index >= 15 is 0 Å². The van der Waals surface area contributed by atoms with Crippen LogP contribution in [-0.2, 0) is 9.47 Å². The van der Waals surface area contributed by atoms with Crippen molar-refractivity contribution in [3.8, 4) is 17.6 Å². The van der Waals surface area contributed by atoms with E-state index in [4.69, 9.17) is 25.1 Å². The van der Waals surface area contributed by atoms with Gasteiger partial charge in [0.2, 0.25) is 0 Å². The molecule has 138 valence electrons. The Balaban J connectivity index is 1.87. The lowest BCUT2D eigenvalue weighted by Gasteiger charge is -2.14. The summed E-state index contributed by atoms with van der Waals surface area (Å²) in [5.74, 6) is 6.26. The molecule has 1 aliphatic rings. The Kier molecular flexibility index (Phi) is 5.33. The first-order valence-electron chi connectivity index (χ1n) is 7.98. The van der Waals surface area contributed by atoms with Gasteiger partial charge < -0.3 is 25.1 Å². The zero-order chi connectivity index (χ0) is 19.2. The number of nitrogens with one attached hydrogen (secondary N) is 1. The first kappa shape index (κ1) is 17.9. The van der Waals surface area contributed by atoms with E-state index in [9.17, 15) is 9.59 Å². The average Bonchev–Trinajstić information content (AvgIpc) is 3.06. The normalized spacial score (nSPS) is 15.1. The molecule has 1 aliphatic heterocycles. The van der Waals surface area contributed by atoms with E-state index in [-0.39, 0.29) is 24.6 Å². The summed E-state index contributed by atoms with van der Waals surface area (Å²) in [5.41, 5.74) is 7.55. The highest BCUT2D eigenvalue weighted by atomic mass is 16.8. The maximum Gasteiger partial charge on any atom is 0.508 e. The minimum atomic E-state index is -1.26. The van der Waals surface area contributed by atoms with Crippen LogP contribution in [0.4, 0.5) is 21.0 Å². The Morgan fingerprint density at radius 1 is 1.30 bits per heavy atom. The molecule has 1 amide bonds. The van der Waals surface area contributed by atoms with Gasteiger partial charge in [-0.1, -0.05) is 30.0 Å². The maximum atomic E-state index is 11.0. The molecule has 0 spiro atoms. The van der Waals surface area contributed by atoms with Gasteiger partial charge in [0.25, 0.3) is 0 Å². The smallest absolute Gasteiger partial charge is 0.488 e. The van der Waals surface area contributed by atoms with E-state index in [2.05, 4.69) is 17.2 Å². The summed E-state index contributed by atoms with van der Waals surface area (Å²) in [6.45, 7) is 0.112. The molecule has 0 bridgehead atoms. The van der Waals surface area contributed by atoms with Gasteiger partial charge in [0.15, 0.2) is 6.10 Å². The number of hydrogen-bond acceptors (Lipinski definition) is 6. The Hall–Kier alpha value is -3.86. The van der Waals surface area contributed by atoms with Crippen LogP contribution in [0.2, 0.25) is 0 Å². The van der Waals surface area contributed by atoms with E-state index < -0.39 is 18.4 Å². The number of benzene rings is 2. The molecule has 1 atom stereocenters. The minimum Gasteiger partial charge on any atom is -0.488 e. The Morgan fingerprint density at radius 3 is 2.74 bits per heavy atom. The second-order valence-corrected chi connectivity index (χ2v) is 5.59. The Labute approximate surface area is 154 Å². The van der Waals surface area contributed by atoms with Crippen molar-refractivity contribution >= 4 is 23.6 Å². The van der Waals surface area contributed by atoms with Crippen LogP contribution in [-0.4, -0.2) is 36.7 Å². The van der Waals surface area contributed by atoms with Gasteiger partial charge in [-0.25, -0.2) is 9.59 Å². The number of carbonyl (C=O) groups is 2. The molecule has 2 aromatic carbocycles. The SMILES string of the molecule is Nc1cc(C#Cc2ccccc2)c(OCC2COC(=O)O2)cc1NC(=O)O. The second-order valence-electron chi connectivity index (χ2n) is 5.59. The fourth-order valence-corrected chi connectivity index (χ4v) is 2.33. The minimum absolute atomic E-state index is 0.0299. The number of nitrogen functional groups attached to an aromatic ring is 1. The summed E-state index contributed by atoms with van der Waals surface area (Å²) in [4.78, 5) is 21.9. The molecule has 1 unspecified atom stereocenters. The van der Waals surface area contributed by atoms with E-state index in [0.717, 1.165) is 5.56 Å². The first-order chi connectivity index (χ1) is 13.0. The molecule has 1 saturated heterocycles. The van der Waals surface area contributed by atoms with Crippen molar-refractivity contribution in [1.82, 2.24) is 0 Å². The zero-order valence-electron chi connectivity index (χ0n) is 14.1. The van der Waals surface area contributed by atoms with Crippen molar-refractivity contribution in [2.45, 2.75) is 6.10 Å². The van der Waals surface area contributed by atoms with Gasteiger partial charge in [0, 0.05) is 11.6 Å². The number of amides is 1. The summed E-state index contributed by atoms with van der Waals surface area (Å²) >= 11 is 0. The van der Waals surface area contributed by atoms with E-state index in [1.165, 1.54) is 12.1 Å². The molecule has 0 aliphatic carbocycles. The van der Waals surface area contributed by atoms with Crippen LogP contribution >= 0.6 is 0 Å². The largest absolute Gasteiger partial charge is 0.508 e. The molecule has 1 heterocycles. The third-order valence-electron chi connectivity index (χ3n) is 3.58. The molecular weight excluding hydrogens is 352 g/mol. The van der Waals surface area contributed by atoms with Gasteiger partial charge in [-0.15, -0.1) is 0 Å². The van der Waals surface area contributed by atoms with Crippen molar-refractivity contribution in [3.05, 3.63) is 53.6 Å². The van der Waals surface area contributed by atoms with Crippen LogP contribution in [0.25, 0.3) is 0 Å². The number of nitrogens with two attached hydrogens (primary N) is 1. The van der Waals surface area contributed by atoms with Crippen molar-refractivity contribution in [1.29, 1.82) is 0 Å². The lowest BCUT2D eigenvalue weighted by atomic mass is 10.1. The van der Waals surface area contributed by atoms with Crippen LogP contribution in [0.3, 0.4) is 0 Å². The highest BCUT2D eigenvalue weighted by Crippen LogP contribution is 2.29. The molecule has 8 heteroatoms. The molecule has 3 rings (SSSR count). The fourth-order valence-electron chi connectivity index (χ4n) is 2.33. The quantitative estimate of drug-likeness (QED) is 0.431. The maximum absolute atomic E-state index is 11.0. The van der Waals surface area contributed by atoms with E-state index in [1.807, 2.05) is 30.3 Å². The van der Waals surface area contributed by atoms with Crippen LogP contribution < -0.4 is 15.8 Å². The Morgan fingerprint density at radius 2 is 2.07 bits per heavy atom. The molecule has 0 radical (unpaired) electrons. The summed E-state index contributed by atoms with van der Waals surface area (Å²) < 4.78 is 15.3. The standard InChI is InChI=1S/C19H16N2O6/c20-15-8-13(7-6-12-4-2-1-3-5-12)17(9-16(15)21-18(22)23)25-10-14-11-26-19(24)27-14/h1-5,8-9,14,21H,10-11,20H2,(H,22,23). The molecule has 1 fully saturated rings. The summed E-state index contributed by atoms with van der Waals surface area (Å²) in [5, 5.41) is 11.1. The topological polar surface area (TPSA) is 120 Å². The summed E-state index contributed by atoms with van der Waals surface area (Å²) in [6, 6.07) is 12.3. The molecule has 2 aromatic rings. The number of hydrogen-bond donors (Lipinski definition) is 3. The van der Waals surface area contributed by atoms with Gasteiger partial charge >= 0.3 is 12.2 Å². The van der Waals surface area contributed by atoms with Crippen LogP contribution in [0.5, 0.6) is 5.75 Å². The highest BCUT2D eigenvalue weighted by Gasteiger charge is 2.26. The van der Waals surface area contributed by atoms with Crippen molar-refractivity contribution < 1.29 is 28.9 Å². The number of carbonyl (C=O) groups excluding carboxylic acids is 1. The summed E-state index contributed by atoms with van der Waals surface area (Å²) in [7, 11) is 0. The van der Waals surface area contributed by atoms with Gasteiger partial charge in [-0.3, -0.25) is 5.32 Å². The molecule has 27 heavy (non-hydrogen) atoms. The lowest BCUT2D eigenvalue weighted by Crippen LogP contribution is -2.20. The van der Waals surface area contributed by atoms with Crippen molar-refractivity contribution in [2.24, 2.45) is 0 Å². The van der Waals surface area contributed by atoms with Crippen LogP contribution in [0.1, 0.15) is 11.1 Å². The third kappa shape index (κ3) is 4.83. The summed E-state index contributed by atoms with van der Waals surface area (Å²) in [6.07, 6.45) is -2.56. The zero-order valence-corrected chi connectivity index (χ0v) is 14.1. The average molecular weight is 368 g/mol. The first-order valence-corrected chi connectivity index (χ1v) is 7.98. The van der Waals surface area contributed by atoms with Crippen molar-refractivity contribution in [2.75, 3.05) is 24.3 Å². The molecular formula is C19H16N2O6. The molecule has 0 saturated carbocycles. The predicted octanol–water partition coefficient (Wildman–Crippen LogP) is 2.67. The molecule has 4 N–H and O–H groups in total. The number of cyclic esters (lactones) is 2. The molecule has 0 aromatic heterocycles. The third-order valence-corrected chi connectivity index (χ3v) is 3.58. The second kappa shape index (κ2) is 8.01. The van der Waals surface area contributed by atoms with Gasteiger partial charge in [0.1, 0.15) is 19.0 Å². The van der Waals surface area contributed by atoms with E-state index in [1.54, 1.807) is 0 Å². The monoisotopic (exact) mass is 368 g/mol. The highest BCUT2D eigenvalue weighted by molar-refractivity contribution is 5.88. The predicted molar refractivity (Wildman–Crippen MR) is 96.6 cm³/mol. The number of ether oxygens (including phenoxy) is 3.